The Morgan fingerprint density at radius 3 is 2.56 bits per heavy atom. The minimum Gasteiger partial charge on any atom is -0.392 e. The third-order valence-corrected chi connectivity index (χ3v) is 2.55. The summed E-state index contributed by atoms with van der Waals surface area (Å²) in [4.78, 5) is 4.18. The van der Waals surface area contributed by atoms with E-state index in [0.717, 1.165) is 6.42 Å². The van der Waals surface area contributed by atoms with Crippen molar-refractivity contribution in [2.24, 2.45) is 16.1 Å². The lowest BCUT2D eigenvalue weighted by molar-refractivity contribution is 0.333. The van der Waals surface area contributed by atoms with Crippen LogP contribution in [0.3, 0.4) is 0 Å². The van der Waals surface area contributed by atoms with E-state index in [1.165, 1.54) is 6.08 Å². The first kappa shape index (κ1) is 14.6. The van der Waals surface area contributed by atoms with Crippen molar-refractivity contribution < 1.29 is 5.11 Å². The molecule has 0 bridgehead atoms. The van der Waals surface area contributed by atoms with Gasteiger partial charge in [0, 0.05) is 17.2 Å². The molecule has 0 aliphatic rings. The van der Waals surface area contributed by atoms with Crippen LogP contribution in [-0.4, -0.2) is 17.9 Å². The summed E-state index contributed by atoms with van der Waals surface area (Å²) in [6.07, 6.45) is 8.34. The van der Waals surface area contributed by atoms with Gasteiger partial charge in [-0.15, -0.1) is 0 Å². The molecular formula is C13H22N2O. The molecule has 0 radical (unpaired) electrons. The zero-order chi connectivity index (χ0) is 12.6. The maximum atomic E-state index is 8.99. The Labute approximate surface area is 98.1 Å². The van der Waals surface area contributed by atoms with Crippen LogP contribution in [0.4, 0.5) is 0 Å². The van der Waals surface area contributed by atoms with Crippen LogP contribution >= 0.6 is 0 Å². The molecule has 0 rings (SSSR count). The Balaban J connectivity index is 4.95. The number of hydrogen-bond donors (Lipinski definition) is 2. The van der Waals surface area contributed by atoms with Gasteiger partial charge in [0.25, 0.3) is 0 Å². The second-order valence-corrected chi connectivity index (χ2v) is 3.89. The van der Waals surface area contributed by atoms with Crippen molar-refractivity contribution in [3.05, 3.63) is 36.2 Å². The van der Waals surface area contributed by atoms with Gasteiger partial charge >= 0.3 is 0 Å². The smallest absolute Gasteiger partial charge is 0.128 e. The van der Waals surface area contributed by atoms with Crippen LogP contribution in [0.15, 0.2) is 41.2 Å². The number of allylic oxidation sites excluding steroid dienone is 2. The molecule has 0 aromatic heterocycles. The first-order valence-corrected chi connectivity index (χ1v) is 5.44. The summed E-state index contributed by atoms with van der Waals surface area (Å²) in [6, 6.07) is 0. The number of nitrogens with two attached hydrogens (primary N) is 1. The summed E-state index contributed by atoms with van der Waals surface area (Å²) < 4.78 is 0. The van der Waals surface area contributed by atoms with Crippen molar-refractivity contribution in [2.75, 3.05) is 6.61 Å². The molecule has 0 aliphatic carbocycles. The van der Waals surface area contributed by atoms with Gasteiger partial charge < -0.3 is 10.8 Å². The highest BCUT2D eigenvalue weighted by Crippen LogP contribution is 2.20. The predicted octanol–water partition coefficient (Wildman–Crippen LogP) is 2.40. The Bertz CT molecular complexity index is 316. The van der Waals surface area contributed by atoms with Crippen LogP contribution < -0.4 is 5.73 Å². The van der Waals surface area contributed by atoms with E-state index in [2.05, 4.69) is 31.5 Å². The molecule has 0 saturated heterocycles. The fraction of sp³-hybridized carbons (Fsp3) is 0.462. The van der Waals surface area contributed by atoms with Gasteiger partial charge in [-0.1, -0.05) is 38.7 Å². The lowest BCUT2D eigenvalue weighted by Crippen LogP contribution is -2.14. The molecule has 0 amide bonds. The monoisotopic (exact) mass is 222 g/mol. The molecule has 16 heavy (non-hydrogen) atoms. The number of aliphatic imine (C=N–C) groups is 1. The fourth-order valence-corrected chi connectivity index (χ4v) is 1.18. The zero-order valence-corrected chi connectivity index (χ0v) is 10.4. The molecule has 1 atom stereocenters. The first-order valence-electron chi connectivity index (χ1n) is 5.44. The predicted molar refractivity (Wildman–Crippen MR) is 70.2 cm³/mol. The number of nitrogens with zero attached hydrogens (tertiary/aromatic N) is 1. The Kier molecular flexibility index (Phi) is 6.42. The van der Waals surface area contributed by atoms with E-state index in [9.17, 15) is 0 Å². The van der Waals surface area contributed by atoms with E-state index in [0.29, 0.717) is 11.4 Å². The molecule has 0 spiro atoms. The molecule has 0 saturated carbocycles. The third-order valence-electron chi connectivity index (χ3n) is 2.55. The summed E-state index contributed by atoms with van der Waals surface area (Å²) in [5.74, 6) is 0.321. The Hall–Kier alpha value is -1.35. The summed E-state index contributed by atoms with van der Waals surface area (Å²) in [5.41, 5.74) is 6.18. The number of aliphatic hydroxyl groups excluding tert-OH is 1. The fourth-order valence-electron chi connectivity index (χ4n) is 1.18. The molecule has 3 nitrogen and oxygen atoms in total. The van der Waals surface area contributed by atoms with Crippen molar-refractivity contribution in [3.8, 4) is 0 Å². The van der Waals surface area contributed by atoms with Gasteiger partial charge in [0.1, 0.15) is 5.82 Å². The van der Waals surface area contributed by atoms with Gasteiger partial charge in [-0.25, -0.2) is 4.99 Å². The van der Waals surface area contributed by atoms with E-state index >= 15 is 0 Å². The largest absolute Gasteiger partial charge is 0.392 e. The van der Waals surface area contributed by atoms with Crippen molar-refractivity contribution in [1.82, 2.24) is 0 Å². The van der Waals surface area contributed by atoms with Crippen LogP contribution in [0, 0.1) is 5.41 Å². The molecule has 0 aromatic carbocycles. The second kappa shape index (κ2) is 7.01. The maximum absolute atomic E-state index is 8.99. The first-order chi connectivity index (χ1) is 7.52. The molecule has 3 heteroatoms. The summed E-state index contributed by atoms with van der Waals surface area (Å²) in [5, 5.41) is 8.99. The minimum atomic E-state index is -0.140. The molecule has 0 heterocycles. The van der Waals surface area contributed by atoms with Crippen LogP contribution in [0.2, 0.25) is 0 Å². The lowest BCUT2D eigenvalue weighted by Gasteiger charge is -2.18. The van der Waals surface area contributed by atoms with Crippen LogP contribution in [0.25, 0.3) is 0 Å². The van der Waals surface area contributed by atoms with Gasteiger partial charge in [0.15, 0.2) is 0 Å². The second-order valence-electron chi connectivity index (χ2n) is 3.89. The summed E-state index contributed by atoms with van der Waals surface area (Å²) >= 11 is 0. The van der Waals surface area contributed by atoms with Crippen molar-refractivity contribution in [1.29, 1.82) is 0 Å². The van der Waals surface area contributed by atoms with Gasteiger partial charge in [0.05, 0.1) is 6.61 Å². The minimum absolute atomic E-state index is 0.0961. The van der Waals surface area contributed by atoms with Gasteiger partial charge in [-0.05, 0) is 13.3 Å². The molecule has 90 valence electrons. The third kappa shape index (κ3) is 4.45. The maximum Gasteiger partial charge on any atom is 0.128 e. The highest BCUT2D eigenvalue weighted by molar-refractivity contribution is 5.69. The van der Waals surface area contributed by atoms with Gasteiger partial charge in [0.2, 0.25) is 0 Å². The van der Waals surface area contributed by atoms with Crippen molar-refractivity contribution in [2.45, 2.75) is 27.2 Å². The molecule has 1 unspecified atom stereocenters. The molecular weight excluding hydrogens is 200 g/mol. The van der Waals surface area contributed by atoms with E-state index in [1.54, 1.807) is 0 Å². The Morgan fingerprint density at radius 2 is 2.19 bits per heavy atom. The van der Waals surface area contributed by atoms with E-state index in [1.807, 2.05) is 19.2 Å². The molecule has 3 N–H and O–H groups in total. The molecule has 0 aromatic rings. The Morgan fingerprint density at radius 1 is 1.56 bits per heavy atom. The summed E-state index contributed by atoms with van der Waals surface area (Å²) in [7, 11) is 0. The van der Waals surface area contributed by atoms with E-state index < -0.39 is 0 Å². The van der Waals surface area contributed by atoms with Crippen LogP contribution in [0.5, 0.6) is 0 Å². The average Bonchev–Trinajstić information content (AvgIpc) is 2.28. The molecule has 0 aliphatic heterocycles. The topological polar surface area (TPSA) is 58.6 Å². The lowest BCUT2D eigenvalue weighted by atomic mass is 9.89. The number of aliphatic hydroxyl groups is 1. The quantitative estimate of drug-likeness (QED) is 0.412. The highest BCUT2D eigenvalue weighted by Gasteiger charge is 2.14. The van der Waals surface area contributed by atoms with Crippen LogP contribution in [-0.2, 0) is 0 Å². The van der Waals surface area contributed by atoms with Crippen molar-refractivity contribution >= 4 is 6.21 Å². The molecule has 0 fully saturated rings. The SMILES string of the molecule is C=C/C(CO)=C(/N)N=CC(C)(/C=C\C)CC. The van der Waals surface area contributed by atoms with E-state index in [4.69, 9.17) is 10.8 Å². The van der Waals surface area contributed by atoms with E-state index in [-0.39, 0.29) is 12.0 Å². The van der Waals surface area contributed by atoms with Gasteiger partial charge in [-0.2, -0.15) is 0 Å². The highest BCUT2D eigenvalue weighted by atomic mass is 16.3. The number of hydrogen-bond acceptors (Lipinski definition) is 3. The van der Waals surface area contributed by atoms with Crippen LogP contribution in [0.1, 0.15) is 27.2 Å². The summed E-state index contributed by atoms with van der Waals surface area (Å²) in [6.45, 7) is 9.57. The normalized spacial score (nSPS) is 17.5. The zero-order valence-electron chi connectivity index (χ0n) is 10.4. The average molecular weight is 222 g/mol. The number of rotatable bonds is 6. The standard InChI is InChI=1S/C13H22N2O/c1-5-8-13(4,7-3)10-15-12(14)11(6-2)9-16/h5-6,8,10,16H,2,7,9,14H2,1,3-4H3/b8-5-,12-11+,15-10?. The van der Waals surface area contributed by atoms with Crippen molar-refractivity contribution in [3.63, 3.8) is 0 Å². The van der Waals surface area contributed by atoms with Gasteiger partial charge in [-0.3, -0.25) is 0 Å².